The number of aromatic nitrogens is 2. The van der Waals surface area contributed by atoms with Gasteiger partial charge in [0.1, 0.15) is 12.4 Å². The smallest absolute Gasteiger partial charge is 0.263 e. The standard InChI is InChI=1S/C23H24N4O3S/c1-26-13-17(12-25-26)22(28)24-11-15-6-8-27(9-7-15)23(29)20-10-16-14-30-19-5-3-2-4-18(19)21(16)31-20/h2-5,10,12-13,15H,6-9,11,14H2,1H3,(H,24,28). The van der Waals surface area contributed by atoms with E-state index in [4.69, 9.17) is 4.74 Å². The molecular weight excluding hydrogens is 412 g/mol. The Balaban J connectivity index is 1.18. The van der Waals surface area contributed by atoms with Crippen LogP contribution in [0.15, 0.2) is 42.7 Å². The number of hydrogen-bond acceptors (Lipinski definition) is 5. The Bertz CT molecular complexity index is 1130. The van der Waals surface area contributed by atoms with Gasteiger partial charge in [0, 0.05) is 48.9 Å². The number of carbonyl (C=O) groups excluding carboxylic acids is 2. The molecule has 0 aliphatic carbocycles. The number of amides is 2. The molecular formula is C23H24N4O3S. The summed E-state index contributed by atoms with van der Waals surface area (Å²) in [5, 5.41) is 7.02. The molecule has 4 heterocycles. The molecule has 2 aliphatic heterocycles. The number of fused-ring (bicyclic) bond motifs is 3. The van der Waals surface area contributed by atoms with Crippen LogP contribution in [0.1, 0.15) is 38.4 Å². The number of ether oxygens (including phenoxy) is 1. The van der Waals surface area contributed by atoms with Crippen molar-refractivity contribution < 1.29 is 14.3 Å². The van der Waals surface area contributed by atoms with Crippen molar-refractivity contribution >= 4 is 23.2 Å². The normalized spacial score (nSPS) is 15.7. The van der Waals surface area contributed by atoms with E-state index in [1.54, 1.807) is 35.5 Å². The molecule has 0 atom stereocenters. The lowest BCUT2D eigenvalue weighted by atomic mass is 9.96. The van der Waals surface area contributed by atoms with E-state index in [9.17, 15) is 9.59 Å². The third-order valence-corrected chi connectivity index (χ3v) is 7.15. The van der Waals surface area contributed by atoms with Gasteiger partial charge in [0.15, 0.2) is 0 Å². The Morgan fingerprint density at radius 3 is 2.84 bits per heavy atom. The third kappa shape index (κ3) is 3.95. The number of benzene rings is 1. The monoisotopic (exact) mass is 436 g/mol. The van der Waals surface area contributed by atoms with Crippen molar-refractivity contribution in [2.45, 2.75) is 19.4 Å². The van der Waals surface area contributed by atoms with Crippen molar-refractivity contribution in [1.29, 1.82) is 0 Å². The van der Waals surface area contributed by atoms with E-state index in [-0.39, 0.29) is 11.8 Å². The van der Waals surface area contributed by atoms with E-state index in [1.165, 1.54) is 0 Å². The molecule has 0 radical (unpaired) electrons. The molecule has 0 spiro atoms. The first-order valence-corrected chi connectivity index (χ1v) is 11.3. The molecule has 1 saturated heterocycles. The molecule has 160 valence electrons. The number of piperidine rings is 1. The topological polar surface area (TPSA) is 76.5 Å². The van der Waals surface area contributed by atoms with Gasteiger partial charge in [-0.3, -0.25) is 14.3 Å². The molecule has 0 saturated carbocycles. The molecule has 0 bridgehead atoms. The molecule has 8 heteroatoms. The van der Waals surface area contributed by atoms with Crippen molar-refractivity contribution in [1.82, 2.24) is 20.0 Å². The maximum absolute atomic E-state index is 13.1. The van der Waals surface area contributed by atoms with Crippen LogP contribution in [0.3, 0.4) is 0 Å². The molecule has 7 nitrogen and oxygen atoms in total. The number of carbonyl (C=O) groups is 2. The molecule has 31 heavy (non-hydrogen) atoms. The van der Waals surface area contributed by atoms with Crippen LogP contribution in [0, 0.1) is 5.92 Å². The highest BCUT2D eigenvalue weighted by atomic mass is 32.1. The molecule has 2 amide bonds. The zero-order chi connectivity index (χ0) is 21.4. The highest BCUT2D eigenvalue weighted by molar-refractivity contribution is 7.17. The minimum Gasteiger partial charge on any atom is -0.488 e. The van der Waals surface area contributed by atoms with Crippen molar-refractivity contribution in [3.8, 4) is 16.2 Å². The van der Waals surface area contributed by atoms with Gasteiger partial charge >= 0.3 is 0 Å². The second-order valence-electron chi connectivity index (χ2n) is 8.10. The molecule has 0 unspecified atom stereocenters. The molecule has 5 rings (SSSR count). The summed E-state index contributed by atoms with van der Waals surface area (Å²) in [6.45, 7) is 2.55. The van der Waals surface area contributed by atoms with Gasteiger partial charge in [0.2, 0.25) is 0 Å². The van der Waals surface area contributed by atoms with Gasteiger partial charge in [-0.2, -0.15) is 5.10 Å². The summed E-state index contributed by atoms with van der Waals surface area (Å²) in [5.74, 6) is 1.25. The lowest BCUT2D eigenvalue weighted by molar-refractivity contribution is 0.0689. The molecule has 1 N–H and O–H groups in total. The van der Waals surface area contributed by atoms with Gasteiger partial charge in [0.05, 0.1) is 16.6 Å². The summed E-state index contributed by atoms with van der Waals surface area (Å²) in [7, 11) is 1.79. The fourth-order valence-electron chi connectivity index (χ4n) is 4.18. The summed E-state index contributed by atoms with van der Waals surface area (Å²) >= 11 is 1.56. The maximum Gasteiger partial charge on any atom is 0.263 e. The van der Waals surface area contributed by atoms with E-state index in [1.807, 2.05) is 35.2 Å². The molecule has 1 fully saturated rings. The summed E-state index contributed by atoms with van der Waals surface area (Å²) in [6, 6.07) is 9.96. The number of para-hydroxylation sites is 1. The summed E-state index contributed by atoms with van der Waals surface area (Å²) in [5.41, 5.74) is 2.72. The predicted molar refractivity (Wildman–Crippen MR) is 118 cm³/mol. The Morgan fingerprint density at radius 2 is 2.06 bits per heavy atom. The highest BCUT2D eigenvalue weighted by Crippen LogP contribution is 2.42. The van der Waals surface area contributed by atoms with Crippen LogP contribution in [-0.2, 0) is 13.7 Å². The zero-order valence-electron chi connectivity index (χ0n) is 17.3. The average molecular weight is 437 g/mol. The third-order valence-electron chi connectivity index (χ3n) is 5.95. The van der Waals surface area contributed by atoms with Crippen molar-refractivity contribution in [2.24, 2.45) is 13.0 Å². The first kappa shape index (κ1) is 19.8. The first-order valence-electron chi connectivity index (χ1n) is 10.5. The summed E-state index contributed by atoms with van der Waals surface area (Å²) < 4.78 is 7.44. The van der Waals surface area contributed by atoms with Crippen LogP contribution < -0.4 is 10.1 Å². The second kappa shape index (κ2) is 8.19. The van der Waals surface area contributed by atoms with Gasteiger partial charge < -0.3 is 15.0 Å². The van der Waals surface area contributed by atoms with Gasteiger partial charge in [-0.1, -0.05) is 12.1 Å². The average Bonchev–Trinajstić information content (AvgIpc) is 3.44. The van der Waals surface area contributed by atoms with Crippen LogP contribution in [0.2, 0.25) is 0 Å². The van der Waals surface area contributed by atoms with Crippen LogP contribution in [-0.4, -0.2) is 46.1 Å². The number of rotatable bonds is 4. The molecule has 2 aromatic heterocycles. The fraction of sp³-hybridized carbons (Fsp3) is 0.348. The summed E-state index contributed by atoms with van der Waals surface area (Å²) in [4.78, 5) is 29.2. The number of aryl methyl sites for hydroxylation is 1. The van der Waals surface area contributed by atoms with Crippen LogP contribution in [0.4, 0.5) is 0 Å². The van der Waals surface area contributed by atoms with Crippen LogP contribution in [0.5, 0.6) is 5.75 Å². The second-order valence-corrected chi connectivity index (χ2v) is 9.15. The fourth-order valence-corrected chi connectivity index (χ4v) is 5.34. The van der Waals surface area contributed by atoms with Gasteiger partial charge in [-0.05, 0) is 37.0 Å². The van der Waals surface area contributed by atoms with Crippen molar-refractivity contribution in [2.75, 3.05) is 19.6 Å². The van der Waals surface area contributed by atoms with E-state index in [2.05, 4.69) is 10.4 Å². The number of thiophene rings is 1. The number of nitrogens with zero attached hydrogens (tertiary/aromatic N) is 3. The first-order chi connectivity index (χ1) is 15.1. The maximum atomic E-state index is 13.1. The lowest BCUT2D eigenvalue weighted by Crippen LogP contribution is -2.41. The van der Waals surface area contributed by atoms with Gasteiger partial charge in [-0.15, -0.1) is 11.3 Å². The van der Waals surface area contributed by atoms with E-state index in [0.717, 1.165) is 39.5 Å². The Hall–Kier alpha value is -3.13. The molecule has 2 aliphatic rings. The number of nitrogens with one attached hydrogen (secondary N) is 1. The molecule has 3 aromatic rings. The minimum absolute atomic E-state index is 0.0923. The van der Waals surface area contributed by atoms with E-state index in [0.29, 0.717) is 37.7 Å². The largest absolute Gasteiger partial charge is 0.488 e. The minimum atomic E-state index is -0.0988. The van der Waals surface area contributed by atoms with E-state index < -0.39 is 0 Å². The highest BCUT2D eigenvalue weighted by Gasteiger charge is 2.28. The summed E-state index contributed by atoms with van der Waals surface area (Å²) in [6.07, 6.45) is 5.05. The lowest BCUT2D eigenvalue weighted by Gasteiger charge is -2.31. The van der Waals surface area contributed by atoms with Gasteiger partial charge in [0.25, 0.3) is 11.8 Å². The Kier molecular flexibility index (Phi) is 5.23. The van der Waals surface area contributed by atoms with E-state index >= 15 is 0 Å². The molecule has 1 aromatic carbocycles. The van der Waals surface area contributed by atoms with Crippen LogP contribution >= 0.6 is 11.3 Å². The van der Waals surface area contributed by atoms with Crippen molar-refractivity contribution in [3.05, 3.63) is 58.7 Å². The Labute approximate surface area is 184 Å². The van der Waals surface area contributed by atoms with Crippen molar-refractivity contribution in [3.63, 3.8) is 0 Å². The van der Waals surface area contributed by atoms with Crippen LogP contribution in [0.25, 0.3) is 10.4 Å². The zero-order valence-corrected chi connectivity index (χ0v) is 18.2. The van der Waals surface area contributed by atoms with Gasteiger partial charge in [-0.25, -0.2) is 0 Å². The number of hydrogen-bond donors (Lipinski definition) is 1. The quantitative estimate of drug-likeness (QED) is 0.681. The number of likely N-dealkylation sites (tertiary alicyclic amines) is 1. The Morgan fingerprint density at radius 1 is 1.26 bits per heavy atom. The predicted octanol–water partition coefficient (Wildman–Crippen LogP) is 3.32. The SMILES string of the molecule is Cn1cc(C(=O)NCC2CCN(C(=O)c3cc4c(s3)-c3ccccc3OC4)CC2)cn1.